The van der Waals surface area contributed by atoms with Crippen molar-refractivity contribution in [3.8, 4) is 5.75 Å². The average Bonchev–Trinajstić information content (AvgIpc) is 3.02. The molecular weight excluding hydrogens is 333 g/mol. The summed E-state index contributed by atoms with van der Waals surface area (Å²) in [5.41, 5.74) is 2.46. The number of nitrogens with zero attached hydrogens (tertiary/aromatic N) is 1. The topological polar surface area (TPSA) is 66.8 Å². The van der Waals surface area contributed by atoms with E-state index in [4.69, 9.17) is 9.84 Å². The van der Waals surface area contributed by atoms with Crippen molar-refractivity contribution in [1.29, 1.82) is 0 Å². The van der Waals surface area contributed by atoms with E-state index < -0.39 is 11.8 Å². The fourth-order valence-electron chi connectivity index (χ4n) is 2.79. The number of rotatable bonds is 4. The largest absolute Gasteiger partial charge is 0.494 e. The first-order chi connectivity index (χ1) is 11.5. The number of hydrogen-bond donors (Lipinski definition) is 1. The van der Waals surface area contributed by atoms with Gasteiger partial charge in [-0.05, 0) is 46.7 Å². The Labute approximate surface area is 142 Å². The zero-order chi connectivity index (χ0) is 17.3. The van der Waals surface area contributed by atoms with Crippen LogP contribution in [-0.2, 0) is 24.2 Å². The van der Waals surface area contributed by atoms with E-state index >= 15 is 0 Å². The maximum absolute atomic E-state index is 13.8. The third kappa shape index (κ3) is 3.26. The minimum absolute atomic E-state index is 0.0911. The van der Waals surface area contributed by atoms with Crippen molar-refractivity contribution >= 4 is 23.2 Å². The van der Waals surface area contributed by atoms with Crippen molar-refractivity contribution in [1.82, 2.24) is 4.90 Å². The van der Waals surface area contributed by atoms with Crippen LogP contribution in [0.2, 0.25) is 0 Å². The van der Waals surface area contributed by atoms with E-state index in [1.165, 1.54) is 19.2 Å². The van der Waals surface area contributed by atoms with Gasteiger partial charge in [-0.2, -0.15) is 0 Å². The number of carbonyl (C=O) groups is 2. The lowest BCUT2D eigenvalue weighted by Gasteiger charge is -2.29. The zero-order valence-corrected chi connectivity index (χ0v) is 13.9. The third-order valence-electron chi connectivity index (χ3n) is 4.06. The highest BCUT2D eigenvalue weighted by molar-refractivity contribution is 7.12. The summed E-state index contributed by atoms with van der Waals surface area (Å²) < 4.78 is 18.8. The Kier molecular flexibility index (Phi) is 4.53. The van der Waals surface area contributed by atoms with Crippen molar-refractivity contribution in [2.24, 2.45) is 0 Å². The SMILES string of the molecule is COc1cc2c(cc1F)CN(C(=O)Cc1csc(C(=O)O)c1)CC2. The lowest BCUT2D eigenvalue weighted by Crippen LogP contribution is -2.37. The van der Waals surface area contributed by atoms with Gasteiger partial charge in [-0.1, -0.05) is 0 Å². The predicted molar refractivity (Wildman–Crippen MR) is 87.1 cm³/mol. The highest BCUT2D eigenvalue weighted by Gasteiger charge is 2.23. The van der Waals surface area contributed by atoms with Crippen LogP contribution in [0.1, 0.15) is 26.4 Å². The molecule has 2 aromatic rings. The van der Waals surface area contributed by atoms with Crippen LogP contribution in [-0.4, -0.2) is 35.5 Å². The molecule has 1 aliphatic heterocycles. The molecule has 1 N–H and O–H groups in total. The van der Waals surface area contributed by atoms with Gasteiger partial charge < -0.3 is 14.7 Å². The second kappa shape index (κ2) is 6.60. The number of carbonyl (C=O) groups excluding carboxylic acids is 1. The van der Waals surface area contributed by atoms with Gasteiger partial charge >= 0.3 is 5.97 Å². The second-order valence-corrected chi connectivity index (χ2v) is 6.53. The quantitative estimate of drug-likeness (QED) is 0.922. The van der Waals surface area contributed by atoms with E-state index in [9.17, 15) is 14.0 Å². The Balaban J connectivity index is 1.71. The maximum atomic E-state index is 13.8. The summed E-state index contributed by atoms with van der Waals surface area (Å²) >= 11 is 1.11. The molecule has 3 rings (SSSR count). The molecule has 0 aliphatic carbocycles. The molecule has 0 fully saturated rings. The first kappa shape index (κ1) is 16.4. The van der Waals surface area contributed by atoms with Crippen molar-refractivity contribution < 1.29 is 23.8 Å². The van der Waals surface area contributed by atoms with Crippen molar-refractivity contribution in [2.45, 2.75) is 19.4 Å². The highest BCUT2D eigenvalue weighted by Crippen LogP contribution is 2.27. The van der Waals surface area contributed by atoms with Crippen LogP contribution in [0.4, 0.5) is 4.39 Å². The summed E-state index contributed by atoms with van der Waals surface area (Å²) in [7, 11) is 1.43. The van der Waals surface area contributed by atoms with E-state index in [-0.39, 0.29) is 23.0 Å². The summed E-state index contributed by atoms with van der Waals surface area (Å²) in [5.74, 6) is -1.30. The Morgan fingerprint density at radius 2 is 2.12 bits per heavy atom. The Hall–Kier alpha value is -2.41. The van der Waals surface area contributed by atoms with Gasteiger partial charge in [-0.15, -0.1) is 11.3 Å². The number of benzene rings is 1. The number of fused-ring (bicyclic) bond motifs is 1. The summed E-state index contributed by atoms with van der Waals surface area (Å²) in [5, 5.41) is 10.6. The molecule has 126 valence electrons. The van der Waals surface area contributed by atoms with E-state index in [0.29, 0.717) is 25.1 Å². The second-order valence-electron chi connectivity index (χ2n) is 5.62. The van der Waals surface area contributed by atoms with Gasteiger partial charge in [0.15, 0.2) is 11.6 Å². The molecule has 1 aromatic carbocycles. The first-order valence-corrected chi connectivity index (χ1v) is 8.29. The lowest BCUT2D eigenvalue weighted by atomic mass is 9.98. The minimum atomic E-state index is -0.991. The molecule has 2 heterocycles. The molecule has 1 aliphatic rings. The molecule has 0 atom stereocenters. The van der Waals surface area contributed by atoms with E-state index in [2.05, 4.69) is 0 Å². The Morgan fingerprint density at radius 3 is 2.79 bits per heavy atom. The summed E-state index contributed by atoms with van der Waals surface area (Å²) in [6.07, 6.45) is 0.791. The number of thiophene rings is 1. The van der Waals surface area contributed by atoms with Gasteiger partial charge in [0.25, 0.3) is 0 Å². The highest BCUT2D eigenvalue weighted by atomic mass is 32.1. The van der Waals surface area contributed by atoms with E-state index in [1.807, 2.05) is 0 Å². The van der Waals surface area contributed by atoms with Crippen LogP contribution in [0.5, 0.6) is 5.75 Å². The number of carboxylic acids is 1. The minimum Gasteiger partial charge on any atom is -0.494 e. The van der Waals surface area contributed by atoms with Crippen LogP contribution in [0, 0.1) is 5.82 Å². The van der Waals surface area contributed by atoms with Gasteiger partial charge in [-0.25, -0.2) is 9.18 Å². The third-order valence-corrected chi connectivity index (χ3v) is 5.03. The fraction of sp³-hybridized carbons (Fsp3) is 0.294. The average molecular weight is 349 g/mol. The van der Waals surface area contributed by atoms with E-state index in [0.717, 1.165) is 22.5 Å². The maximum Gasteiger partial charge on any atom is 0.345 e. The number of aromatic carboxylic acids is 1. The van der Waals surface area contributed by atoms with Crippen LogP contribution in [0.3, 0.4) is 0 Å². The molecule has 0 saturated heterocycles. The molecule has 24 heavy (non-hydrogen) atoms. The summed E-state index contributed by atoms with van der Waals surface area (Å²) in [4.78, 5) is 25.2. The van der Waals surface area contributed by atoms with Gasteiger partial charge in [-0.3, -0.25) is 4.79 Å². The number of hydrogen-bond acceptors (Lipinski definition) is 4. The van der Waals surface area contributed by atoms with Crippen LogP contribution < -0.4 is 4.74 Å². The smallest absolute Gasteiger partial charge is 0.345 e. The molecule has 0 saturated carbocycles. The van der Waals surface area contributed by atoms with Gasteiger partial charge in [0, 0.05) is 13.1 Å². The zero-order valence-electron chi connectivity index (χ0n) is 13.0. The monoisotopic (exact) mass is 349 g/mol. The lowest BCUT2D eigenvalue weighted by molar-refractivity contribution is -0.131. The van der Waals surface area contributed by atoms with Crippen molar-refractivity contribution in [2.75, 3.05) is 13.7 Å². The number of carboxylic acid groups (broad SMARTS) is 1. The summed E-state index contributed by atoms with van der Waals surface area (Å²) in [6.45, 7) is 0.904. The van der Waals surface area contributed by atoms with E-state index in [1.54, 1.807) is 16.3 Å². The van der Waals surface area contributed by atoms with Crippen molar-refractivity contribution in [3.05, 3.63) is 51.0 Å². The molecule has 0 spiro atoms. The van der Waals surface area contributed by atoms with Crippen molar-refractivity contribution in [3.63, 3.8) is 0 Å². The molecule has 1 aromatic heterocycles. The van der Waals surface area contributed by atoms with Gasteiger partial charge in [0.05, 0.1) is 13.5 Å². The normalized spacial score (nSPS) is 13.5. The Morgan fingerprint density at radius 1 is 1.33 bits per heavy atom. The predicted octanol–water partition coefficient (Wildman–Crippen LogP) is 2.72. The number of halogens is 1. The standard InChI is InChI=1S/C17H16FNO4S/c1-23-14-7-11-2-3-19(8-12(11)6-13(14)18)16(20)5-10-4-15(17(21)22)24-9-10/h4,6-7,9H,2-3,5,8H2,1H3,(H,21,22). The molecule has 7 heteroatoms. The molecule has 5 nitrogen and oxygen atoms in total. The molecule has 1 amide bonds. The first-order valence-electron chi connectivity index (χ1n) is 7.41. The Bertz CT molecular complexity index is 802. The molecular formula is C17H16FNO4S. The van der Waals surface area contributed by atoms with Gasteiger partial charge in [0.2, 0.25) is 5.91 Å². The number of amides is 1. The number of ether oxygens (including phenoxy) is 1. The van der Waals surface area contributed by atoms with Crippen LogP contribution in [0.15, 0.2) is 23.6 Å². The fourth-order valence-corrected chi connectivity index (χ4v) is 3.54. The van der Waals surface area contributed by atoms with Crippen LogP contribution in [0.25, 0.3) is 0 Å². The number of methoxy groups -OCH3 is 1. The molecule has 0 radical (unpaired) electrons. The molecule has 0 unspecified atom stereocenters. The summed E-state index contributed by atoms with van der Waals surface area (Å²) in [6, 6.07) is 4.62. The molecule has 0 bridgehead atoms. The van der Waals surface area contributed by atoms with Gasteiger partial charge in [0.1, 0.15) is 4.88 Å². The van der Waals surface area contributed by atoms with Crippen LogP contribution >= 0.6 is 11.3 Å².